The van der Waals surface area contributed by atoms with Crippen molar-refractivity contribution in [3.63, 3.8) is 0 Å². The summed E-state index contributed by atoms with van der Waals surface area (Å²) in [5.74, 6) is -0.167. The minimum absolute atomic E-state index is 0.0903. The number of hydrogen-bond acceptors (Lipinski definition) is 4. The third-order valence-electron chi connectivity index (χ3n) is 4.93. The van der Waals surface area contributed by atoms with Crippen LogP contribution in [0.3, 0.4) is 0 Å². The van der Waals surface area contributed by atoms with Gasteiger partial charge in [0.05, 0.1) is 12.5 Å². The van der Waals surface area contributed by atoms with Crippen LogP contribution < -0.4 is 0 Å². The fourth-order valence-corrected chi connectivity index (χ4v) is 3.50. The number of esters is 1. The highest BCUT2D eigenvalue weighted by atomic mass is 16.7. The molecule has 1 aliphatic heterocycles. The molecule has 1 heterocycles. The second-order valence-corrected chi connectivity index (χ2v) is 8.96. The molecule has 1 fully saturated rings. The molecular formula is C23H44O4. The van der Waals surface area contributed by atoms with Crippen LogP contribution in [0.4, 0.5) is 0 Å². The molecular weight excluding hydrogens is 340 g/mol. The van der Waals surface area contributed by atoms with Gasteiger partial charge in [-0.1, -0.05) is 64.7 Å². The van der Waals surface area contributed by atoms with Crippen LogP contribution in [-0.2, 0) is 19.0 Å². The first kappa shape index (κ1) is 24.4. The molecule has 0 aromatic carbocycles. The van der Waals surface area contributed by atoms with Crippen LogP contribution in [0, 0.1) is 0 Å². The molecule has 4 nitrogen and oxygen atoms in total. The zero-order valence-corrected chi connectivity index (χ0v) is 18.4. The molecule has 160 valence electrons. The van der Waals surface area contributed by atoms with Crippen molar-refractivity contribution in [3.8, 4) is 0 Å². The van der Waals surface area contributed by atoms with E-state index in [-0.39, 0.29) is 18.4 Å². The van der Waals surface area contributed by atoms with E-state index in [1.54, 1.807) is 0 Å². The maximum Gasteiger partial charge on any atom is 0.308 e. The van der Waals surface area contributed by atoms with Gasteiger partial charge in [0.15, 0.2) is 6.29 Å². The van der Waals surface area contributed by atoms with E-state index in [0.29, 0.717) is 6.42 Å². The Hall–Kier alpha value is -0.610. The highest BCUT2D eigenvalue weighted by Crippen LogP contribution is 2.21. The fourth-order valence-electron chi connectivity index (χ4n) is 3.50. The summed E-state index contributed by atoms with van der Waals surface area (Å²) < 4.78 is 17.3. The Morgan fingerprint density at radius 2 is 1.63 bits per heavy atom. The minimum atomic E-state index is -0.444. The monoisotopic (exact) mass is 384 g/mol. The first-order valence-corrected chi connectivity index (χ1v) is 11.4. The lowest BCUT2D eigenvalue weighted by atomic mass is 10.0. The molecule has 1 aliphatic rings. The highest BCUT2D eigenvalue weighted by Gasteiger charge is 2.24. The first-order chi connectivity index (χ1) is 12.9. The summed E-state index contributed by atoms with van der Waals surface area (Å²) in [5.41, 5.74) is -0.444. The van der Waals surface area contributed by atoms with E-state index in [4.69, 9.17) is 14.2 Å². The molecule has 4 heteroatoms. The Kier molecular flexibility index (Phi) is 13.0. The first-order valence-electron chi connectivity index (χ1n) is 11.4. The molecule has 0 aromatic rings. The largest absolute Gasteiger partial charge is 0.460 e. The van der Waals surface area contributed by atoms with Crippen LogP contribution in [0.25, 0.3) is 0 Å². The van der Waals surface area contributed by atoms with Gasteiger partial charge in [-0.15, -0.1) is 0 Å². The minimum Gasteiger partial charge on any atom is -0.460 e. The molecule has 0 spiro atoms. The zero-order valence-electron chi connectivity index (χ0n) is 18.4. The van der Waals surface area contributed by atoms with Crippen LogP contribution in [0.1, 0.15) is 118 Å². The van der Waals surface area contributed by atoms with Crippen LogP contribution in [0.2, 0.25) is 0 Å². The summed E-state index contributed by atoms with van der Waals surface area (Å²) >= 11 is 0. The Morgan fingerprint density at radius 1 is 1.00 bits per heavy atom. The van der Waals surface area contributed by atoms with Gasteiger partial charge in [0.1, 0.15) is 5.60 Å². The van der Waals surface area contributed by atoms with Crippen molar-refractivity contribution in [2.45, 2.75) is 136 Å². The van der Waals surface area contributed by atoms with Gasteiger partial charge in [0.2, 0.25) is 0 Å². The Labute approximate surface area is 167 Å². The molecule has 0 bridgehead atoms. The third-order valence-corrected chi connectivity index (χ3v) is 4.93. The Morgan fingerprint density at radius 3 is 2.19 bits per heavy atom. The van der Waals surface area contributed by atoms with Crippen molar-refractivity contribution in [3.05, 3.63) is 0 Å². The Balaban J connectivity index is 2.27. The van der Waals surface area contributed by atoms with Crippen LogP contribution >= 0.6 is 0 Å². The molecule has 1 unspecified atom stereocenters. The van der Waals surface area contributed by atoms with Gasteiger partial charge >= 0.3 is 5.97 Å². The maximum atomic E-state index is 12.2. The molecule has 0 N–H and O–H groups in total. The lowest BCUT2D eigenvalue weighted by Gasteiger charge is -2.28. The zero-order chi connectivity index (χ0) is 20.0. The van der Waals surface area contributed by atoms with Crippen molar-refractivity contribution in [1.82, 2.24) is 0 Å². The molecule has 0 amide bonds. The van der Waals surface area contributed by atoms with E-state index in [1.807, 2.05) is 20.8 Å². The molecule has 1 saturated heterocycles. The predicted octanol–water partition coefficient (Wildman–Crippen LogP) is 6.55. The van der Waals surface area contributed by atoms with E-state index in [0.717, 1.165) is 38.7 Å². The summed E-state index contributed by atoms with van der Waals surface area (Å²) in [6.07, 6.45) is 15.9. The van der Waals surface area contributed by atoms with E-state index in [9.17, 15) is 4.79 Å². The van der Waals surface area contributed by atoms with E-state index in [1.165, 1.54) is 51.4 Å². The van der Waals surface area contributed by atoms with Gasteiger partial charge in [0, 0.05) is 6.61 Å². The lowest BCUT2D eigenvalue weighted by molar-refractivity contribution is -0.196. The number of ether oxygens (including phenoxy) is 3. The smallest absolute Gasteiger partial charge is 0.308 e. The maximum absolute atomic E-state index is 12.2. The summed E-state index contributed by atoms with van der Waals surface area (Å²) in [7, 11) is 0. The number of rotatable bonds is 14. The van der Waals surface area contributed by atoms with Crippen molar-refractivity contribution < 1.29 is 19.0 Å². The van der Waals surface area contributed by atoms with E-state index >= 15 is 0 Å². The van der Waals surface area contributed by atoms with Crippen LogP contribution in [0.5, 0.6) is 0 Å². The van der Waals surface area contributed by atoms with Gasteiger partial charge in [-0.2, -0.15) is 0 Å². The molecule has 1 rings (SSSR count). The van der Waals surface area contributed by atoms with Gasteiger partial charge < -0.3 is 14.2 Å². The van der Waals surface area contributed by atoms with Crippen LogP contribution in [-0.4, -0.2) is 30.6 Å². The highest BCUT2D eigenvalue weighted by molar-refractivity contribution is 5.70. The second-order valence-electron chi connectivity index (χ2n) is 8.96. The van der Waals surface area contributed by atoms with E-state index < -0.39 is 5.60 Å². The quantitative estimate of drug-likeness (QED) is 0.251. The van der Waals surface area contributed by atoms with Crippen LogP contribution in [0.15, 0.2) is 0 Å². The third kappa shape index (κ3) is 14.1. The second kappa shape index (κ2) is 14.4. The standard InChI is InChI=1S/C23H44O4/c1-5-6-7-8-9-10-11-12-13-16-20(19-21(24)27-23(2,3)4)26-22-17-14-15-18-25-22/h20,22H,5-19H2,1-4H3/t20-,22?/m1/s1. The number of carbonyl (C=O) groups excluding carboxylic acids is 1. The van der Waals surface area contributed by atoms with Gasteiger partial charge in [0.25, 0.3) is 0 Å². The summed E-state index contributed by atoms with van der Waals surface area (Å²) in [5, 5.41) is 0. The number of hydrogen-bond donors (Lipinski definition) is 0. The van der Waals surface area contributed by atoms with Gasteiger partial charge in [-0.05, 0) is 46.5 Å². The molecule has 0 saturated carbocycles. The van der Waals surface area contributed by atoms with Crippen molar-refractivity contribution >= 4 is 5.97 Å². The molecule has 27 heavy (non-hydrogen) atoms. The van der Waals surface area contributed by atoms with Crippen molar-refractivity contribution in [2.24, 2.45) is 0 Å². The summed E-state index contributed by atoms with van der Waals surface area (Å²) in [6.45, 7) is 8.75. The predicted molar refractivity (Wildman–Crippen MR) is 111 cm³/mol. The molecule has 0 aromatic heterocycles. The molecule has 0 radical (unpaired) electrons. The summed E-state index contributed by atoms with van der Waals surface area (Å²) in [4.78, 5) is 12.2. The lowest BCUT2D eigenvalue weighted by Crippen LogP contribution is -2.32. The van der Waals surface area contributed by atoms with E-state index in [2.05, 4.69) is 6.92 Å². The Bertz CT molecular complexity index is 369. The average molecular weight is 385 g/mol. The topological polar surface area (TPSA) is 44.8 Å². The molecule has 2 atom stereocenters. The van der Waals surface area contributed by atoms with Crippen molar-refractivity contribution in [2.75, 3.05) is 6.61 Å². The average Bonchev–Trinajstić information content (AvgIpc) is 2.59. The number of carbonyl (C=O) groups is 1. The fraction of sp³-hybridized carbons (Fsp3) is 0.957. The normalized spacial score (nSPS) is 19.0. The van der Waals surface area contributed by atoms with Gasteiger partial charge in [-0.3, -0.25) is 4.79 Å². The van der Waals surface area contributed by atoms with Gasteiger partial charge in [-0.25, -0.2) is 0 Å². The SMILES string of the molecule is CCCCCCCCCCC[C@H](CC(=O)OC(C)(C)C)OC1CCCCO1. The number of unbranched alkanes of at least 4 members (excludes halogenated alkanes) is 8. The summed E-state index contributed by atoms with van der Waals surface area (Å²) in [6, 6.07) is 0. The van der Waals surface area contributed by atoms with Crippen molar-refractivity contribution in [1.29, 1.82) is 0 Å². The molecule has 0 aliphatic carbocycles.